The molecule has 0 saturated heterocycles. The fourth-order valence-electron chi connectivity index (χ4n) is 2.78. The Kier molecular flexibility index (Phi) is 5.62. The molecule has 0 atom stereocenters. The monoisotopic (exact) mass is 529 g/mol. The zero-order chi connectivity index (χ0) is 21.3. The number of hydrogen-bond donors (Lipinski definition) is 1. The van der Waals surface area contributed by atoms with Crippen molar-refractivity contribution in [3.63, 3.8) is 0 Å². The van der Waals surface area contributed by atoms with Crippen LogP contribution in [0.2, 0.25) is 0 Å². The molecule has 30 heavy (non-hydrogen) atoms. The number of carbonyl (C=O) groups excluding carboxylic acids is 1. The van der Waals surface area contributed by atoms with Gasteiger partial charge in [-0.1, -0.05) is 15.9 Å². The van der Waals surface area contributed by atoms with Crippen molar-refractivity contribution in [2.24, 2.45) is 0 Å². The van der Waals surface area contributed by atoms with Crippen molar-refractivity contribution in [3.05, 3.63) is 69.9 Å². The van der Waals surface area contributed by atoms with Gasteiger partial charge in [0.05, 0.1) is 5.56 Å². The van der Waals surface area contributed by atoms with E-state index in [9.17, 15) is 4.79 Å². The van der Waals surface area contributed by atoms with Crippen LogP contribution in [0.4, 0.5) is 5.69 Å². The van der Waals surface area contributed by atoms with Crippen LogP contribution in [0.1, 0.15) is 13.8 Å². The molecule has 2 aromatic heterocycles. The third-order valence-electron chi connectivity index (χ3n) is 4.33. The van der Waals surface area contributed by atoms with E-state index in [1.165, 1.54) is 0 Å². The van der Waals surface area contributed by atoms with Gasteiger partial charge in [-0.05, 0) is 78.3 Å². The number of halogens is 2. The fourth-order valence-corrected chi connectivity index (χ4v) is 3.41. The zero-order valence-electron chi connectivity index (χ0n) is 16.1. The molecular weight excluding hydrogens is 514 g/mol. The van der Waals surface area contributed by atoms with Crippen LogP contribution in [0, 0.1) is 0 Å². The van der Waals surface area contributed by atoms with E-state index in [1.807, 2.05) is 18.2 Å². The van der Waals surface area contributed by atoms with E-state index < -0.39 is 5.60 Å². The van der Waals surface area contributed by atoms with Crippen LogP contribution in [-0.2, 0) is 4.79 Å². The number of benzene rings is 2. The number of carbonyl (C=O) groups is 1. The van der Waals surface area contributed by atoms with Gasteiger partial charge in [0.2, 0.25) is 5.89 Å². The zero-order valence-corrected chi connectivity index (χ0v) is 19.3. The molecule has 1 N–H and O–H groups in total. The number of aromatic nitrogens is 2. The van der Waals surface area contributed by atoms with Crippen LogP contribution in [0.15, 0.2) is 74.3 Å². The Morgan fingerprint density at radius 1 is 1.03 bits per heavy atom. The van der Waals surface area contributed by atoms with Crippen molar-refractivity contribution in [2.75, 3.05) is 5.32 Å². The molecule has 1 amide bonds. The second kappa shape index (κ2) is 8.20. The van der Waals surface area contributed by atoms with Crippen molar-refractivity contribution >= 4 is 54.6 Å². The summed E-state index contributed by atoms with van der Waals surface area (Å²) in [6, 6.07) is 14.5. The predicted octanol–water partition coefficient (Wildman–Crippen LogP) is 6.21. The average molecular weight is 531 g/mol. The third-order valence-corrected chi connectivity index (χ3v) is 5.29. The number of fused-ring (bicyclic) bond motifs is 1. The van der Waals surface area contributed by atoms with E-state index >= 15 is 0 Å². The highest BCUT2D eigenvalue weighted by Gasteiger charge is 2.30. The third kappa shape index (κ3) is 4.55. The first kappa shape index (κ1) is 20.6. The Balaban J connectivity index is 1.52. The molecule has 4 rings (SSSR count). The molecule has 0 aliphatic heterocycles. The lowest BCUT2D eigenvalue weighted by molar-refractivity contribution is -0.128. The normalized spacial score (nSPS) is 11.5. The molecule has 2 heterocycles. The Morgan fingerprint density at radius 2 is 1.80 bits per heavy atom. The summed E-state index contributed by atoms with van der Waals surface area (Å²) in [4.78, 5) is 21.5. The number of rotatable bonds is 5. The molecule has 2 aromatic carbocycles. The van der Waals surface area contributed by atoms with Gasteiger partial charge in [-0.15, -0.1) is 0 Å². The summed E-state index contributed by atoms with van der Waals surface area (Å²) < 4.78 is 13.5. The standard InChI is InChI=1S/C22H17Br2N3O3/c1-22(2,30-17-6-3-14(23)4-7-17)21(28)26-16-5-8-19-18(10-16)27-20(29-19)13-9-15(24)12-25-11-13/h3-12H,1-2H3,(H,26,28). The smallest absolute Gasteiger partial charge is 0.267 e. The number of amides is 1. The van der Waals surface area contributed by atoms with Crippen LogP contribution in [0.3, 0.4) is 0 Å². The number of hydrogen-bond acceptors (Lipinski definition) is 5. The van der Waals surface area contributed by atoms with Gasteiger partial charge in [0.1, 0.15) is 11.3 Å². The average Bonchev–Trinajstić information content (AvgIpc) is 3.13. The highest BCUT2D eigenvalue weighted by atomic mass is 79.9. The predicted molar refractivity (Wildman–Crippen MR) is 122 cm³/mol. The maximum atomic E-state index is 12.8. The highest BCUT2D eigenvalue weighted by Crippen LogP contribution is 2.28. The lowest BCUT2D eigenvalue weighted by atomic mass is 10.1. The molecular formula is C22H17Br2N3O3. The van der Waals surface area contributed by atoms with Crippen LogP contribution in [0.5, 0.6) is 5.75 Å². The van der Waals surface area contributed by atoms with Crippen LogP contribution >= 0.6 is 31.9 Å². The first-order valence-corrected chi connectivity index (χ1v) is 10.7. The van der Waals surface area contributed by atoms with Gasteiger partial charge in [0.25, 0.3) is 5.91 Å². The molecule has 4 aromatic rings. The topological polar surface area (TPSA) is 77.2 Å². The van der Waals surface area contributed by atoms with Gasteiger partial charge in [-0.2, -0.15) is 0 Å². The summed E-state index contributed by atoms with van der Waals surface area (Å²) in [5.41, 5.74) is 1.55. The molecule has 0 aliphatic rings. The summed E-state index contributed by atoms with van der Waals surface area (Å²) in [5, 5.41) is 2.89. The first-order valence-electron chi connectivity index (χ1n) is 9.08. The van der Waals surface area contributed by atoms with Crippen molar-refractivity contribution < 1.29 is 13.9 Å². The van der Waals surface area contributed by atoms with Gasteiger partial charge >= 0.3 is 0 Å². The van der Waals surface area contributed by atoms with Gasteiger partial charge < -0.3 is 14.5 Å². The lowest BCUT2D eigenvalue weighted by Gasteiger charge is -2.25. The number of pyridine rings is 1. The van der Waals surface area contributed by atoms with Gasteiger partial charge in [-0.25, -0.2) is 4.98 Å². The minimum Gasteiger partial charge on any atom is -0.478 e. The number of nitrogens with one attached hydrogen (secondary N) is 1. The van der Waals surface area contributed by atoms with E-state index in [4.69, 9.17) is 9.15 Å². The maximum Gasteiger partial charge on any atom is 0.267 e. The van der Waals surface area contributed by atoms with Crippen LogP contribution in [-0.4, -0.2) is 21.5 Å². The summed E-state index contributed by atoms with van der Waals surface area (Å²) in [7, 11) is 0. The van der Waals surface area contributed by atoms with Crippen molar-refractivity contribution in [2.45, 2.75) is 19.4 Å². The second-order valence-electron chi connectivity index (χ2n) is 7.11. The molecule has 0 spiro atoms. The van der Waals surface area contributed by atoms with E-state index in [2.05, 4.69) is 47.1 Å². The Labute approximate surface area is 189 Å². The van der Waals surface area contributed by atoms with Gasteiger partial charge in [-0.3, -0.25) is 9.78 Å². The molecule has 0 fully saturated rings. The Hall–Kier alpha value is -2.71. The maximum absolute atomic E-state index is 12.8. The largest absolute Gasteiger partial charge is 0.478 e. The van der Waals surface area contributed by atoms with E-state index in [1.54, 1.807) is 56.6 Å². The molecule has 0 radical (unpaired) electrons. The van der Waals surface area contributed by atoms with E-state index in [-0.39, 0.29) is 5.91 Å². The van der Waals surface area contributed by atoms with Crippen molar-refractivity contribution in [1.29, 1.82) is 0 Å². The second-order valence-corrected chi connectivity index (χ2v) is 8.95. The van der Waals surface area contributed by atoms with Crippen molar-refractivity contribution in [1.82, 2.24) is 9.97 Å². The van der Waals surface area contributed by atoms with Crippen LogP contribution in [0.25, 0.3) is 22.6 Å². The minimum absolute atomic E-state index is 0.273. The molecule has 0 unspecified atom stereocenters. The number of ether oxygens (including phenoxy) is 1. The lowest BCUT2D eigenvalue weighted by Crippen LogP contribution is -2.42. The first-order chi connectivity index (χ1) is 14.3. The van der Waals surface area contributed by atoms with Gasteiger partial charge in [0.15, 0.2) is 11.2 Å². The fraction of sp³-hybridized carbons (Fsp3) is 0.136. The minimum atomic E-state index is -1.07. The number of oxazole rings is 1. The molecule has 6 nitrogen and oxygen atoms in total. The van der Waals surface area contributed by atoms with E-state index in [0.717, 1.165) is 14.5 Å². The molecule has 0 bridgehead atoms. The SMILES string of the molecule is CC(C)(Oc1ccc(Br)cc1)C(=O)Nc1ccc2oc(-c3cncc(Br)c3)nc2c1. The molecule has 8 heteroatoms. The summed E-state index contributed by atoms with van der Waals surface area (Å²) in [6.45, 7) is 3.44. The number of anilines is 1. The summed E-state index contributed by atoms with van der Waals surface area (Å²) in [6.07, 6.45) is 3.37. The van der Waals surface area contributed by atoms with Crippen molar-refractivity contribution in [3.8, 4) is 17.2 Å². The molecule has 0 aliphatic carbocycles. The Bertz CT molecular complexity index is 1220. The van der Waals surface area contributed by atoms with Gasteiger partial charge in [0, 0.05) is 27.0 Å². The quantitative estimate of drug-likeness (QED) is 0.332. The van der Waals surface area contributed by atoms with Crippen LogP contribution < -0.4 is 10.1 Å². The molecule has 0 saturated carbocycles. The summed E-state index contributed by atoms with van der Waals surface area (Å²) >= 11 is 6.78. The summed E-state index contributed by atoms with van der Waals surface area (Å²) in [5.74, 6) is 0.795. The molecule has 152 valence electrons. The highest BCUT2D eigenvalue weighted by molar-refractivity contribution is 9.10. The number of nitrogens with zero attached hydrogens (tertiary/aromatic N) is 2. The van der Waals surface area contributed by atoms with E-state index in [0.29, 0.717) is 28.4 Å². The Morgan fingerprint density at radius 3 is 2.53 bits per heavy atom.